The first-order valence-electron chi connectivity index (χ1n) is 9.94. The molecule has 1 aliphatic heterocycles. The van der Waals surface area contributed by atoms with Gasteiger partial charge in [0.2, 0.25) is 0 Å². The highest BCUT2D eigenvalue weighted by Gasteiger charge is 2.33. The fraction of sp³-hybridized carbons (Fsp3) is 0.261. The molecule has 7 nitrogen and oxygen atoms in total. The van der Waals surface area contributed by atoms with Crippen molar-refractivity contribution in [2.24, 2.45) is 5.92 Å². The number of fused-ring (bicyclic) bond motifs is 1. The summed E-state index contributed by atoms with van der Waals surface area (Å²) in [5, 5.41) is 9.83. The van der Waals surface area contributed by atoms with Gasteiger partial charge in [-0.25, -0.2) is 9.18 Å². The highest BCUT2D eigenvalue weighted by molar-refractivity contribution is 6.33. The van der Waals surface area contributed by atoms with E-state index in [9.17, 15) is 18.8 Å². The molecule has 0 spiro atoms. The number of ether oxygens (including phenoxy) is 1. The lowest BCUT2D eigenvalue weighted by Crippen LogP contribution is -2.39. The van der Waals surface area contributed by atoms with E-state index in [0.29, 0.717) is 35.2 Å². The monoisotopic (exact) mass is 459 g/mol. The van der Waals surface area contributed by atoms with Gasteiger partial charge in [0, 0.05) is 41.7 Å². The first-order valence-corrected chi connectivity index (χ1v) is 10.3. The molecule has 1 fully saturated rings. The van der Waals surface area contributed by atoms with Crippen molar-refractivity contribution in [3.8, 4) is 16.9 Å². The Morgan fingerprint density at radius 2 is 2.00 bits per heavy atom. The maximum atomic E-state index is 13.4. The predicted molar refractivity (Wildman–Crippen MR) is 115 cm³/mol. The molecule has 1 saturated heterocycles. The Bertz CT molecular complexity index is 1270. The van der Waals surface area contributed by atoms with E-state index in [0.717, 1.165) is 6.07 Å². The van der Waals surface area contributed by atoms with E-state index < -0.39 is 29.4 Å². The minimum absolute atomic E-state index is 0.149. The number of hydrogen-bond donors (Lipinski definition) is 1. The third-order valence-electron chi connectivity index (χ3n) is 5.45. The molecule has 1 amide bonds. The number of halogens is 2. The number of hydrogen-bond acceptors (Lipinski definition) is 5. The van der Waals surface area contributed by atoms with Crippen molar-refractivity contribution >= 4 is 34.4 Å². The lowest BCUT2D eigenvalue weighted by Gasteiger charge is -2.21. The van der Waals surface area contributed by atoms with Crippen LogP contribution < -0.4 is 10.4 Å². The Labute approximate surface area is 187 Å². The minimum Gasteiger partial charge on any atom is -0.481 e. The Morgan fingerprint density at radius 3 is 2.69 bits per heavy atom. The smallest absolute Gasteiger partial charge is 0.336 e. The second kappa shape index (κ2) is 8.63. The lowest BCUT2D eigenvalue weighted by molar-refractivity contribution is -0.142. The molecule has 1 N–H and O–H groups in total. The number of carboxylic acids is 1. The van der Waals surface area contributed by atoms with Crippen molar-refractivity contribution in [1.29, 1.82) is 0 Å². The summed E-state index contributed by atoms with van der Waals surface area (Å²) in [6.07, 6.45) is -0.453. The Balaban J connectivity index is 1.60. The summed E-state index contributed by atoms with van der Waals surface area (Å²) in [7, 11) is 0. The van der Waals surface area contributed by atoms with Crippen LogP contribution >= 0.6 is 11.6 Å². The van der Waals surface area contributed by atoms with E-state index in [-0.39, 0.29) is 23.1 Å². The van der Waals surface area contributed by atoms with Crippen LogP contribution in [0.4, 0.5) is 4.39 Å². The van der Waals surface area contributed by atoms with Gasteiger partial charge in [-0.15, -0.1) is 0 Å². The van der Waals surface area contributed by atoms with E-state index in [2.05, 4.69) is 0 Å². The van der Waals surface area contributed by atoms with Crippen molar-refractivity contribution in [2.45, 2.75) is 19.4 Å². The van der Waals surface area contributed by atoms with Crippen LogP contribution in [-0.4, -0.2) is 41.1 Å². The van der Waals surface area contributed by atoms with E-state index in [1.54, 1.807) is 19.1 Å². The van der Waals surface area contributed by atoms with Crippen molar-refractivity contribution in [3.63, 3.8) is 0 Å². The molecule has 0 radical (unpaired) electrons. The quantitative estimate of drug-likeness (QED) is 0.580. The van der Waals surface area contributed by atoms with Crippen LogP contribution in [0.1, 0.15) is 13.3 Å². The van der Waals surface area contributed by atoms with Crippen LogP contribution in [-0.2, 0) is 9.59 Å². The Morgan fingerprint density at radius 1 is 1.22 bits per heavy atom. The molecule has 32 heavy (non-hydrogen) atoms. The summed E-state index contributed by atoms with van der Waals surface area (Å²) >= 11 is 6.17. The van der Waals surface area contributed by atoms with Gasteiger partial charge in [0.05, 0.1) is 10.9 Å². The van der Waals surface area contributed by atoms with Gasteiger partial charge >= 0.3 is 11.6 Å². The number of carboxylic acid groups (broad SMARTS) is 1. The van der Waals surface area contributed by atoms with Gasteiger partial charge in [-0.1, -0.05) is 11.6 Å². The van der Waals surface area contributed by atoms with Crippen LogP contribution in [0.15, 0.2) is 51.7 Å². The zero-order valence-corrected chi connectivity index (χ0v) is 17.8. The number of aliphatic carboxylic acids is 1. The van der Waals surface area contributed by atoms with E-state index in [1.807, 2.05) is 0 Å². The number of amides is 1. The zero-order valence-electron chi connectivity index (χ0n) is 17.0. The molecule has 2 heterocycles. The second-order valence-corrected chi connectivity index (χ2v) is 8.04. The number of rotatable bonds is 5. The van der Waals surface area contributed by atoms with Gasteiger partial charge < -0.3 is 19.2 Å². The third kappa shape index (κ3) is 4.31. The molecule has 0 bridgehead atoms. The number of benzene rings is 2. The molecule has 1 aliphatic rings. The van der Waals surface area contributed by atoms with Gasteiger partial charge in [0.1, 0.15) is 17.1 Å². The maximum Gasteiger partial charge on any atom is 0.336 e. The van der Waals surface area contributed by atoms with Gasteiger partial charge in [-0.2, -0.15) is 0 Å². The topological polar surface area (TPSA) is 97.0 Å². The molecule has 2 aromatic carbocycles. The maximum absolute atomic E-state index is 13.4. The van der Waals surface area contributed by atoms with Gasteiger partial charge in [-0.05, 0) is 43.7 Å². The molecule has 166 valence electrons. The second-order valence-electron chi connectivity index (χ2n) is 7.63. The summed E-state index contributed by atoms with van der Waals surface area (Å²) in [5.41, 5.74) is 0.557. The first kappa shape index (κ1) is 21.8. The average Bonchev–Trinajstić information content (AvgIpc) is 3.23. The zero-order chi connectivity index (χ0) is 23.0. The van der Waals surface area contributed by atoms with Gasteiger partial charge in [0.15, 0.2) is 6.10 Å². The summed E-state index contributed by atoms with van der Waals surface area (Å²) in [6.45, 7) is 2.08. The summed E-state index contributed by atoms with van der Waals surface area (Å²) in [4.78, 5) is 37.3. The van der Waals surface area contributed by atoms with Crippen LogP contribution in [0.5, 0.6) is 5.75 Å². The molecule has 2 atom stereocenters. The largest absolute Gasteiger partial charge is 0.481 e. The van der Waals surface area contributed by atoms with E-state index in [1.165, 1.54) is 29.2 Å². The summed E-state index contributed by atoms with van der Waals surface area (Å²) in [6, 6.07) is 9.95. The third-order valence-corrected chi connectivity index (χ3v) is 5.76. The van der Waals surface area contributed by atoms with Crippen LogP contribution in [0.3, 0.4) is 0 Å². The Hall–Kier alpha value is -3.39. The Kier molecular flexibility index (Phi) is 5.88. The SMILES string of the molecule is C[C@@H](Oc1ccc2c(-c3ccc(F)cc3Cl)cc(=O)oc2c1)C(=O)N1CC[C@H](C(=O)O)C1. The summed E-state index contributed by atoms with van der Waals surface area (Å²) in [5.74, 6) is -2.00. The normalized spacial score (nSPS) is 16.8. The van der Waals surface area contributed by atoms with Crippen LogP contribution in [0, 0.1) is 11.7 Å². The number of carbonyl (C=O) groups excluding carboxylic acids is 1. The van der Waals surface area contributed by atoms with Gasteiger partial charge in [0.25, 0.3) is 5.91 Å². The lowest BCUT2D eigenvalue weighted by atomic mass is 10.0. The van der Waals surface area contributed by atoms with Crippen molar-refractivity contribution < 1.29 is 28.2 Å². The molecule has 4 rings (SSSR count). The number of nitrogens with zero attached hydrogens (tertiary/aromatic N) is 1. The van der Waals surface area contributed by atoms with Crippen molar-refractivity contribution in [1.82, 2.24) is 4.90 Å². The van der Waals surface area contributed by atoms with E-state index >= 15 is 0 Å². The molecular weight excluding hydrogens is 441 g/mol. The molecule has 0 saturated carbocycles. The highest BCUT2D eigenvalue weighted by atomic mass is 35.5. The number of likely N-dealkylation sites (tertiary alicyclic amines) is 1. The van der Waals surface area contributed by atoms with E-state index in [4.69, 9.17) is 25.9 Å². The molecule has 0 aliphatic carbocycles. The standard InChI is InChI=1S/C23H19ClFNO6/c1-12(22(28)26-7-6-13(11-26)23(29)30)31-15-3-5-17-18(10-21(27)32-20(17)9-15)16-4-2-14(25)8-19(16)24/h2-5,8-10,12-13H,6-7,11H2,1H3,(H,29,30)/t12-,13+/m1/s1. The molecule has 0 unspecified atom stereocenters. The highest BCUT2D eigenvalue weighted by Crippen LogP contribution is 2.34. The molecule has 1 aromatic heterocycles. The fourth-order valence-corrected chi connectivity index (χ4v) is 4.09. The average molecular weight is 460 g/mol. The van der Waals surface area contributed by atoms with Crippen molar-refractivity contribution in [3.05, 3.63) is 63.7 Å². The molecular formula is C23H19ClFNO6. The molecule has 3 aromatic rings. The predicted octanol–water partition coefficient (Wildman–Crippen LogP) is 3.95. The molecule has 9 heteroatoms. The number of carbonyl (C=O) groups is 2. The minimum atomic E-state index is -0.921. The van der Waals surface area contributed by atoms with Crippen LogP contribution in [0.2, 0.25) is 5.02 Å². The fourth-order valence-electron chi connectivity index (χ4n) is 3.82. The van der Waals surface area contributed by atoms with Crippen molar-refractivity contribution in [2.75, 3.05) is 13.1 Å². The van der Waals surface area contributed by atoms with Gasteiger partial charge in [-0.3, -0.25) is 9.59 Å². The van der Waals surface area contributed by atoms with Crippen LogP contribution in [0.25, 0.3) is 22.1 Å². The summed E-state index contributed by atoms with van der Waals surface area (Å²) < 4.78 is 24.5. The first-order chi connectivity index (χ1) is 15.2.